The molecule has 94 valence electrons. The second kappa shape index (κ2) is 5.21. The van der Waals surface area contributed by atoms with Crippen LogP contribution >= 0.6 is 0 Å². The van der Waals surface area contributed by atoms with Gasteiger partial charge in [-0.25, -0.2) is 0 Å². The molecule has 0 saturated heterocycles. The third-order valence-electron chi connectivity index (χ3n) is 2.47. The van der Waals surface area contributed by atoms with Crippen molar-refractivity contribution in [1.29, 1.82) is 0 Å². The number of halogens is 3. The van der Waals surface area contributed by atoms with Gasteiger partial charge in [-0.05, 0) is 25.5 Å². The Morgan fingerprint density at radius 2 is 1.94 bits per heavy atom. The number of nitrogens with one attached hydrogen (secondary N) is 1. The first-order chi connectivity index (χ1) is 7.86. The topological polar surface area (TPSA) is 29.1 Å². The van der Waals surface area contributed by atoms with Crippen molar-refractivity contribution in [3.05, 3.63) is 35.4 Å². The molecule has 0 aliphatic carbocycles. The van der Waals surface area contributed by atoms with Crippen molar-refractivity contribution in [2.45, 2.75) is 32.5 Å². The highest BCUT2D eigenvalue weighted by molar-refractivity contribution is 5.96. The Bertz CT molecular complexity index is 401. The second-order valence-corrected chi connectivity index (χ2v) is 3.83. The van der Waals surface area contributed by atoms with Crippen LogP contribution in [0.3, 0.4) is 0 Å². The number of carbonyl (C=O) groups excluding carboxylic acids is 1. The lowest BCUT2D eigenvalue weighted by Gasteiger charge is -2.15. The van der Waals surface area contributed by atoms with Gasteiger partial charge in [0, 0.05) is 6.04 Å². The highest BCUT2D eigenvalue weighted by atomic mass is 19.4. The summed E-state index contributed by atoms with van der Waals surface area (Å²) in [5.41, 5.74) is -1.24. The second-order valence-electron chi connectivity index (χ2n) is 3.83. The minimum Gasteiger partial charge on any atom is -0.350 e. The monoisotopic (exact) mass is 245 g/mol. The van der Waals surface area contributed by atoms with Crippen LogP contribution in [0.1, 0.15) is 36.2 Å². The van der Waals surface area contributed by atoms with Gasteiger partial charge in [0.05, 0.1) is 11.1 Å². The van der Waals surface area contributed by atoms with Crippen LogP contribution in [0.25, 0.3) is 0 Å². The first-order valence-electron chi connectivity index (χ1n) is 5.33. The van der Waals surface area contributed by atoms with Gasteiger partial charge >= 0.3 is 6.18 Å². The summed E-state index contributed by atoms with van der Waals surface area (Å²) in [5, 5.41) is 2.52. The van der Waals surface area contributed by atoms with Crippen LogP contribution < -0.4 is 5.32 Å². The highest BCUT2D eigenvalue weighted by Crippen LogP contribution is 2.31. The van der Waals surface area contributed by atoms with Gasteiger partial charge in [-0.15, -0.1) is 0 Å². The Kier molecular flexibility index (Phi) is 4.15. The normalized spacial score (nSPS) is 13.2. The maximum absolute atomic E-state index is 12.6. The van der Waals surface area contributed by atoms with E-state index < -0.39 is 17.6 Å². The predicted octanol–water partition coefficient (Wildman–Crippen LogP) is 3.23. The minimum atomic E-state index is -4.51. The lowest BCUT2D eigenvalue weighted by atomic mass is 10.1. The van der Waals surface area contributed by atoms with E-state index in [1.54, 1.807) is 6.92 Å². The molecule has 0 fully saturated rings. The largest absolute Gasteiger partial charge is 0.417 e. The van der Waals surface area contributed by atoms with E-state index in [9.17, 15) is 18.0 Å². The molecule has 1 N–H and O–H groups in total. The number of hydrogen-bond donors (Lipinski definition) is 1. The number of carbonyl (C=O) groups is 1. The zero-order valence-corrected chi connectivity index (χ0v) is 9.64. The first-order valence-corrected chi connectivity index (χ1v) is 5.33. The number of hydrogen-bond acceptors (Lipinski definition) is 1. The molecule has 0 radical (unpaired) electrons. The summed E-state index contributed by atoms with van der Waals surface area (Å²) in [6.07, 6.45) is -3.84. The molecule has 2 nitrogen and oxygen atoms in total. The molecule has 0 heterocycles. The highest BCUT2D eigenvalue weighted by Gasteiger charge is 2.34. The Labute approximate surface area is 97.8 Å². The molecule has 0 spiro atoms. The Morgan fingerprint density at radius 3 is 2.47 bits per heavy atom. The van der Waals surface area contributed by atoms with Crippen molar-refractivity contribution >= 4 is 5.91 Å². The van der Waals surface area contributed by atoms with Crippen LogP contribution in [0.4, 0.5) is 13.2 Å². The van der Waals surface area contributed by atoms with Crippen molar-refractivity contribution < 1.29 is 18.0 Å². The molecule has 0 saturated carbocycles. The lowest BCUT2D eigenvalue weighted by Crippen LogP contribution is -2.33. The lowest BCUT2D eigenvalue weighted by molar-refractivity contribution is -0.137. The summed E-state index contributed by atoms with van der Waals surface area (Å²) >= 11 is 0. The predicted molar refractivity (Wildman–Crippen MR) is 58.7 cm³/mol. The van der Waals surface area contributed by atoms with Gasteiger partial charge in [-0.1, -0.05) is 19.1 Å². The van der Waals surface area contributed by atoms with Crippen LogP contribution in [0.5, 0.6) is 0 Å². The number of alkyl halides is 3. The van der Waals surface area contributed by atoms with Crippen LogP contribution in [0.2, 0.25) is 0 Å². The van der Waals surface area contributed by atoms with Gasteiger partial charge in [0.2, 0.25) is 0 Å². The van der Waals surface area contributed by atoms with Crippen LogP contribution in [-0.4, -0.2) is 11.9 Å². The fourth-order valence-electron chi connectivity index (χ4n) is 1.33. The Hall–Kier alpha value is -1.52. The summed E-state index contributed by atoms with van der Waals surface area (Å²) in [5.74, 6) is -0.688. The Morgan fingerprint density at radius 1 is 1.35 bits per heavy atom. The Balaban J connectivity index is 3.02. The van der Waals surface area contributed by atoms with Gasteiger partial charge in [0.15, 0.2) is 0 Å². The zero-order valence-electron chi connectivity index (χ0n) is 9.64. The maximum atomic E-state index is 12.6. The molecule has 0 aliphatic heterocycles. The van der Waals surface area contributed by atoms with Crippen molar-refractivity contribution in [2.75, 3.05) is 0 Å². The average Bonchev–Trinajstić information content (AvgIpc) is 2.27. The third kappa shape index (κ3) is 3.47. The molecule has 17 heavy (non-hydrogen) atoms. The van der Waals surface area contributed by atoms with Gasteiger partial charge in [0.1, 0.15) is 0 Å². The molecule has 1 aromatic rings. The number of benzene rings is 1. The van der Waals surface area contributed by atoms with Crippen molar-refractivity contribution in [1.82, 2.24) is 5.32 Å². The SMILES string of the molecule is CC[C@H](C)NC(=O)c1ccccc1C(F)(F)F. The average molecular weight is 245 g/mol. The van der Waals surface area contributed by atoms with Crippen molar-refractivity contribution in [2.24, 2.45) is 0 Å². The molecule has 0 aliphatic rings. The molecule has 1 aromatic carbocycles. The minimum absolute atomic E-state index is 0.149. The fraction of sp³-hybridized carbons (Fsp3) is 0.417. The van der Waals surface area contributed by atoms with Crippen LogP contribution in [-0.2, 0) is 6.18 Å². The van der Waals surface area contributed by atoms with E-state index in [1.165, 1.54) is 18.2 Å². The molecule has 0 unspecified atom stereocenters. The van der Waals surface area contributed by atoms with E-state index >= 15 is 0 Å². The molecule has 0 bridgehead atoms. The standard InChI is InChI=1S/C12H14F3NO/c1-3-8(2)16-11(17)9-6-4-5-7-10(9)12(13,14)15/h4-8H,3H2,1-2H3,(H,16,17)/t8-/m0/s1. The van der Waals surface area contributed by atoms with E-state index in [4.69, 9.17) is 0 Å². The molecule has 1 amide bonds. The molecule has 0 aromatic heterocycles. The van der Waals surface area contributed by atoms with Crippen LogP contribution in [0, 0.1) is 0 Å². The van der Waals surface area contributed by atoms with Gasteiger partial charge in [0.25, 0.3) is 5.91 Å². The summed E-state index contributed by atoms with van der Waals surface area (Å²) in [7, 11) is 0. The van der Waals surface area contributed by atoms with E-state index in [2.05, 4.69) is 5.32 Å². The summed E-state index contributed by atoms with van der Waals surface area (Å²) in [6, 6.07) is 4.62. The number of amides is 1. The molecule has 5 heteroatoms. The molecular weight excluding hydrogens is 231 g/mol. The van der Waals surface area contributed by atoms with Gasteiger partial charge in [-0.2, -0.15) is 13.2 Å². The summed E-state index contributed by atoms with van der Waals surface area (Å²) < 4.78 is 37.9. The number of rotatable bonds is 3. The van der Waals surface area contributed by atoms with E-state index in [1.807, 2.05) is 6.92 Å². The fourth-order valence-corrected chi connectivity index (χ4v) is 1.33. The zero-order chi connectivity index (χ0) is 13.1. The van der Waals surface area contributed by atoms with E-state index in [-0.39, 0.29) is 11.6 Å². The third-order valence-corrected chi connectivity index (χ3v) is 2.47. The summed E-state index contributed by atoms with van der Waals surface area (Å²) in [6.45, 7) is 3.59. The van der Waals surface area contributed by atoms with Gasteiger partial charge < -0.3 is 5.32 Å². The molecule has 1 atom stereocenters. The van der Waals surface area contributed by atoms with Crippen LogP contribution in [0.15, 0.2) is 24.3 Å². The molecular formula is C12H14F3NO. The van der Waals surface area contributed by atoms with E-state index in [0.29, 0.717) is 6.42 Å². The quantitative estimate of drug-likeness (QED) is 0.870. The first kappa shape index (κ1) is 13.5. The molecule has 1 rings (SSSR count). The van der Waals surface area contributed by atoms with Crippen molar-refractivity contribution in [3.63, 3.8) is 0 Å². The maximum Gasteiger partial charge on any atom is 0.417 e. The summed E-state index contributed by atoms with van der Waals surface area (Å²) in [4.78, 5) is 11.7. The van der Waals surface area contributed by atoms with E-state index in [0.717, 1.165) is 6.07 Å². The smallest absolute Gasteiger partial charge is 0.350 e. The van der Waals surface area contributed by atoms with Gasteiger partial charge in [-0.3, -0.25) is 4.79 Å². The van der Waals surface area contributed by atoms with Crippen molar-refractivity contribution in [3.8, 4) is 0 Å².